The molecule has 2 aromatic carbocycles. The van der Waals surface area contributed by atoms with Gasteiger partial charge in [0.2, 0.25) is 5.91 Å². The molecule has 0 radical (unpaired) electrons. The zero-order chi connectivity index (χ0) is 24.9. The molecule has 2 fully saturated rings. The van der Waals surface area contributed by atoms with E-state index in [0.717, 1.165) is 37.2 Å². The van der Waals surface area contributed by atoms with Crippen LogP contribution in [-0.4, -0.2) is 65.7 Å². The second-order valence-electron chi connectivity index (χ2n) is 9.41. The number of hydrogen-bond acceptors (Lipinski definition) is 4. The molecule has 4 rings (SSSR count). The number of rotatable bonds is 8. The number of morpholine rings is 1. The number of carbonyl (C=O) groups is 2. The molecule has 0 saturated carbocycles. The van der Waals surface area contributed by atoms with Crippen LogP contribution in [0, 0.1) is 5.92 Å². The fourth-order valence-corrected chi connectivity index (χ4v) is 5.80. The van der Waals surface area contributed by atoms with Gasteiger partial charge >= 0.3 is 5.97 Å². The van der Waals surface area contributed by atoms with Gasteiger partial charge < -0.3 is 14.7 Å². The number of piperidine rings is 1. The maximum Gasteiger partial charge on any atom is 0.304 e. The van der Waals surface area contributed by atoms with Crippen molar-refractivity contribution in [1.82, 2.24) is 9.80 Å². The predicted molar refractivity (Wildman–Crippen MR) is 137 cm³/mol. The Morgan fingerprint density at radius 2 is 1.80 bits per heavy atom. The van der Waals surface area contributed by atoms with E-state index in [1.807, 2.05) is 53.4 Å². The fourth-order valence-electron chi connectivity index (χ4n) is 5.47. The van der Waals surface area contributed by atoms with Gasteiger partial charge in [0.25, 0.3) is 0 Å². The number of aliphatic carboxylic acids is 1. The maximum atomic E-state index is 14.0. The van der Waals surface area contributed by atoms with Crippen LogP contribution in [0.5, 0.6) is 0 Å². The molecule has 1 amide bonds. The third kappa shape index (κ3) is 6.18. The molecule has 1 N–H and O–H groups in total. The Labute approximate surface area is 216 Å². The third-order valence-electron chi connectivity index (χ3n) is 7.17. The maximum absolute atomic E-state index is 14.0. The van der Waals surface area contributed by atoms with Gasteiger partial charge in [-0.2, -0.15) is 0 Å². The Balaban J connectivity index is 1.80. The van der Waals surface area contributed by atoms with Gasteiger partial charge in [-0.1, -0.05) is 54.4 Å². The summed E-state index contributed by atoms with van der Waals surface area (Å²) in [5.74, 6) is -1.75. The minimum atomic E-state index is -0.959. The number of carboxylic acid groups (broad SMARTS) is 1. The number of amides is 1. The Morgan fingerprint density at radius 3 is 2.43 bits per heavy atom. The number of likely N-dealkylation sites (tertiary alicyclic amines) is 1. The first-order chi connectivity index (χ1) is 16.9. The van der Waals surface area contributed by atoms with Gasteiger partial charge in [0.1, 0.15) is 0 Å². The highest BCUT2D eigenvalue weighted by Crippen LogP contribution is 2.47. The summed E-state index contributed by atoms with van der Waals surface area (Å²) < 4.78 is 5.52. The Morgan fingerprint density at radius 1 is 1.09 bits per heavy atom. The van der Waals surface area contributed by atoms with Crippen molar-refractivity contribution in [3.05, 3.63) is 69.7 Å². The lowest BCUT2D eigenvalue weighted by Crippen LogP contribution is -2.55. The van der Waals surface area contributed by atoms with Gasteiger partial charge in [-0.3, -0.25) is 14.5 Å². The lowest BCUT2D eigenvalue weighted by Gasteiger charge is -2.49. The van der Waals surface area contributed by atoms with Crippen molar-refractivity contribution in [1.29, 1.82) is 0 Å². The van der Waals surface area contributed by atoms with E-state index < -0.39 is 11.9 Å². The Hall–Kier alpha value is -2.12. The molecule has 0 bridgehead atoms. The SMILES string of the molecule is CCC(CN1CCOCC1)N1C(=O)[C@@H](CC(=O)O)C[C@H](c2cccc(Cl)c2)[C@H]1c1ccc(Cl)cc1. The van der Waals surface area contributed by atoms with E-state index in [-0.39, 0.29) is 30.3 Å². The second kappa shape index (κ2) is 11.7. The molecular formula is C27H32Cl2N2O4. The highest BCUT2D eigenvalue weighted by Gasteiger charge is 2.46. The molecular weight excluding hydrogens is 487 g/mol. The molecule has 2 aliphatic rings. The molecule has 2 aromatic rings. The smallest absolute Gasteiger partial charge is 0.304 e. The quantitative estimate of drug-likeness (QED) is 0.516. The molecule has 1 unspecified atom stereocenters. The molecule has 2 heterocycles. The normalized spacial score (nSPS) is 24.4. The number of benzene rings is 2. The summed E-state index contributed by atoms with van der Waals surface area (Å²) in [5.41, 5.74) is 1.99. The molecule has 6 nitrogen and oxygen atoms in total. The van der Waals surface area contributed by atoms with Gasteiger partial charge in [-0.15, -0.1) is 0 Å². The number of ether oxygens (including phenoxy) is 1. The zero-order valence-electron chi connectivity index (χ0n) is 19.9. The van der Waals surface area contributed by atoms with Crippen molar-refractivity contribution in [2.24, 2.45) is 5.92 Å². The Kier molecular flexibility index (Phi) is 8.71. The fraction of sp³-hybridized carbons (Fsp3) is 0.481. The molecule has 4 atom stereocenters. The lowest BCUT2D eigenvalue weighted by atomic mass is 9.74. The summed E-state index contributed by atoms with van der Waals surface area (Å²) >= 11 is 12.6. The molecule has 0 spiro atoms. The van der Waals surface area contributed by atoms with Crippen LogP contribution < -0.4 is 0 Å². The van der Waals surface area contributed by atoms with Crippen LogP contribution >= 0.6 is 23.2 Å². The van der Waals surface area contributed by atoms with E-state index in [4.69, 9.17) is 27.9 Å². The van der Waals surface area contributed by atoms with Crippen molar-refractivity contribution < 1.29 is 19.4 Å². The van der Waals surface area contributed by atoms with E-state index in [9.17, 15) is 14.7 Å². The van der Waals surface area contributed by atoms with Crippen LogP contribution in [0.4, 0.5) is 0 Å². The number of nitrogens with zero attached hydrogens (tertiary/aromatic N) is 2. The highest BCUT2D eigenvalue weighted by atomic mass is 35.5. The Bertz CT molecular complexity index is 1030. The monoisotopic (exact) mass is 518 g/mol. The van der Waals surface area contributed by atoms with Crippen LogP contribution in [0.15, 0.2) is 48.5 Å². The lowest BCUT2D eigenvalue weighted by molar-refractivity contribution is -0.153. The third-order valence-corrected chi connectivity index (χ3v) is 7.66. The molecule has 2 aliphatic heterocycles. The van der Waals surface area contributed by atoms with Crippen LogP contribution in [0.1, 0.15) is 49.3 Å². The predicted octanol–water partition coefficient (Wildman–Crippen LogP) is 5.25. The van der Waals surface area contributed by atoms with E-state index >= 15 is 0 Å². The van der Waals surface area contributed by atoms with Crippen LogP contribution in [-0.2, 0) is 14.3 Å². The van der Waals surface area contributed by atoms with E-state index in [0.29, 0.717) is 29.7 Å². The minimum absolute atomic E-state index is 0.0699. The first kappa shape index (κ1) is 26.0. The molecule has 2 saturated heterocycles. The highest BCUT2D eigenvalue weighted by molar-refractivity contribution is 6.30. The summed E-state index contributed by atoms with van der Waals surface area (Å²) in [4.78, 5) is 30.0. The summed E-state index contributed by atoms with van der Waals surface area (Å²) in [7, 11) is 0. The summed E-state index contributed by atoms with van der Waals surface area (Å²) in [6.45, 7) is 5.81. The first-order valence-electron chi connectivity index (χ1n) is 12.2. The molecule has 35 heavy (non-hydrogen) atoms. The van der Waals surface area contributed by atoms with Gasteiger partial charge in [-0.25, -0.2) is 0 Å². The second-order valence-corrected chi connectivity index (χ2v) is 10.3. The minimum Gasteiger partial charge on any atom is -0.481 e. The largest absolute Gasteiger partial charge is 0.481 e. The van der Waals surface area contributed by atoms with Crippen LogP contribution in [0.2, 0.25) is 10.0 Å². The van der Waals surface area contributed by atoms with Crippen LogP contribution in [0.3, 0.4) is 0 Å². The van der Waals surface area contributed by atoms with E-state index in [1.54, 1.807) is 0 Å². The number of halogens is 2. The van der Waals surface area contributed by atoms with Gasteiger partial charge in [0, 0.05) is 47.6 Å². The number of carbonyl (C=O) groups excluding carboxylic acids is 1. The summed E-state index contributed by atoms with van der Waals surface area (Å²) in [5, 5.41) is 10.9. The van der Waals surface area contributed by atoms with Gasteiger partial charge in [0.05, 0.1) is 25.7 Å². The average molecular weight is 519 g/mol. The average Bonchev–Trinajstić information content (AvgIpc) is 2.85. The summed E-state index contributed by atoms with van der Waals surface area (Å²) in [6, 6.07) is 15.0. The molecule has 8 heteroatoms. The van der Waals surface area contributed by atoms with Crippen molar-refractivity contribution >= 4 is 35.1 Å². The van der Waals surface area contributed by atoms with Gasteiger partial charge in [0.15, 0.2) is 0 Å². The van der Waals surface area contributed by atoms with Crippen molar-refractivity contribution in [3.8, 4) is 0 Å². The van der Waals surface area contributed by atoms with Crippen LogP contribution in [0.25, 0.3) is 0 Å². The number of hydrogen-bond donors (Lipinski definition) is 1. The molecule has 188 valence electrons. The van der Waals surface area contributed by atoms with E-state index in [2.05, 4.69) is 11.8 Å². The van der Waals surface area contributed by atoms with Crippen molar-refractivity contribution in [3.63, 3.8) is 0 Å². The first-order valence-corrected chi connectivity index (χ1v) is 13.0. The standard InChI is InChI=1S/C27H32Cl2N2O4/c1-2-23(17-30-10-12-35-13-11-30)31-26(18-6-8-21(28)9-7-18)24(19-4-3-5-22(29)14-19)15-20(27(31)34)16-25(32)33/h3-9,14,20,23-24,26H,2,10-13,15-17H2,1H3,(H,32,33)/t20-,23?,24-,26-/m1/s1. The zero-order valence-corrected chi connectivity index (χ0v) is 21.4. The number of carboxylic acids is 1. The van der Waals surface area contributed by atoms with Gasteiger partial charge in [-0.05, 0) is 48.2 Å². The topological polar surface area (TPSA) is 70.1 Å². The molecule has 0 aromatic heterocycles. The van der Waals surface area contributed by atoms with Crippen molar-refractivity contribution in [2.45, 2.75) is 44.2 Å². The molecule has 0 aliphatic carbocycles. The summed E-state index contributed by atoms with van der Waals surface area (Å²) in [6.07, 6.45) is 1.02. The van der Waals surface area contributed by atoms with Crippen molar-refractivity contribution in [2.75, 3.05) is 32.8 Å². The van der Waals surface area contributed by atoms with E-state index in [1.165, 1.54) is 0 Å².